The highest BCUT2D eigenvalue weighted by Crippen LogP contribution is 2.19. The second kappa shape index (κ2) is 7.14. The van der Waals surface area contributed by atoms with Gasteiger partial charge in [-0.15, -0.1) is 0 Å². The zero-order valence-electron chi connectivity index (χ0n) is 12.0. The Morgan fingerprint density at radius 3 is 2.16 bits per heavy atom. The normalized spacial score (nSPS) is 15.7. The zero-order chi connectivity index (χ0) is 14.4. The van der Waals surface area contributed by atoms with Gasteiger partial charge in [-0.25, -0.2) is 0 Å². The first-order valence-electron chi connectivity index (χ1n) is 6.59. The van der Waals surface area contributed by atoms with Crippen LogP contribution in [-0.2, 0) is 9.53 Å². The average Bonchev–Trinajstić information content (AvgIpc) is 2.36. The molecule has 4 heteroatoms. The summed E-state index contributed by atoms with van der Waals surface area (Å²) in [5.41, 5.74) is 5.50. The minimum Gasteiger partial charge on any atom is -0.486 e. The van der Waals surface area contributed by atoms with Gasteiger partial charge in [0.15, 0.2) is 0 Å². The van der Waals surface area contributed by atoms with E-state index in [1.165, 1.54) is 0 Å². The summed E-state index contributed by atoms with van der Waals surface area (Å²) in [4.78, 5) is 11.5. The molecule has 1 aromatic carbocycles. The Bertz CT molecular complexity index is 390. The fourth-order valence-electron chi connectivity index (χ4n) is 1.79. The summed E-state index contributed by atoms with van der Waals surface area (Å²) in [6, 6.07) is 8.89. The van der Waals surface area contributed by atoms with Crippen LogP contribution in [0.2, 0.25) is 0 Å². The van der Waals surface area contributed by atoms with Crippen molar-refractivity contribution in [3.05, 3.63) is 30.3 Å². The molecule has 0 heterocycles. The molecule has 0 aliphatic heterocycles. The lowest BCUT2D eigenvalue weighted by atomic mass is 10.0. The van der Waals surface area contributed by atoms with Gasteiger partial charge < -0.3 is 15.2 Å². The summed E-state index contributed by atoms with van der Waals surface area (Å²) >= 11 is 0. The van der Waals surface area contributed by atoms with Crippen molar-refractivity contribution < 1.29 is 14.3 Å². The minimum absolute atomic E-state index is 0.204. The van der Waals surface area contributed by atoms with Gasteiger partial charge >= 0.3 is 5.97 Å². The second-order valence-corrected chi connectivity index (χ2v) is 5.07. The number of carbonyl (C=O) groups is 1. The van der Waals surface area contributed by atoms with E-state index < -0.39 is 12.0 Å². The molecule has 0 fully saturated rings. The third kappa shape index (κ3) is 4.91. The zero-order valence-corrected chi connectivity index (χ0v) is 12.0. The fourth-order valence-corrected chi connectivity index (χ4v) is 1.79. The highest BCUT2D eigenvalue weighted by atomic mass is 16.6. The Morgan fingerprint density at radius 2 is 1.68 bits per heavy atom. The van der Waals surface area contributed by atoms with Gasteiger partial charge in [-0.05, 0) is 31.9 Å². The van der Waals surface area contributed by atoms with E-state index in [9.17, 15) is 4.79 Å². The van der Waals surface area contributed by atoms with E-state index in [4.69, 9.17) is 15.2 Å². The molecule has 2 N–H and O–H groups in total. The monoisotopic (exact) mass is 265 g/mol. The Hall–Kier alpha value is -1.55. The summed E-state index contributed by atoms with van der Waals surface area (Å²) in [5, 5.41) is 0. The highest BCUT2D eigenvalue weighted by molar-refractivity contribution is 5.75. The first-order valence-corrected chi connectivity index (χ1v) is 6.59. The predicted molar refractivity (Wildman–Crippen MR) is 74.9 cm³/mol. The lowest BCUT2D eigenvalue weighted by Gasteiger charge is -2.28. The van der Waals surface area contributed by atoms with Gasteiger partial charge in [0.25, 0.3) is 0 Å². The number of carbonyl (C=O) groups excluding carboxylic acids is 1. The molecule has 0 bridgehead atoms. The molecule has 1 aromatic rings. The Kier molecular flexibility index (Phi) is 5.83. The molecule has 0 aliphatic carbocycles. The summed E-state index contributed by atoms with van der Waals surface area (Å²) in [6.07, 6.45) is -0.552. The van der Waals surface area contributed by atoms with E-state index in [0.717, 1.165) is 5.75 Å². The molecular weight excluding hydrogens is 242 g/mol. The number of esters is 1. The van der Waals surface area contributed by atoms with Gasteiger partial charge in [0.05, 0.1) is 0 Å². The van der Waals surface area contributed by atoms with Crippen LogP contribution in [0.3, 0.4) is 0 Å². The summed E-state index contributed by atoms with van der Waals surface area (Å²) in [5.74, 6) is 0.579. The van der Waals surface area contributed by atoms with Crippen molar-refractivity contribution in [2.75, 3.05) is 0 Å². The van der Waals surface area contributed by atoms with E-state index in [2.05, 4.69) is 0 Å². The predicted octanol–water partition coefficient (Wildman–Crippen LogP) is 2.37. The van der Waals surface area contributed by atoms with Crippen LogP contribution in [-0.4, -0.2) is 24.2 Å². The van der Waals surface area contributed by atoms with Crippen molar-refractivity contribution in [3.63, 3.8) is 0 Å². The standard InChI is InChI=1S/C15H23NO3/c1-10(2)14(12(4)18-15(17)11(3)16)19-13-8-6-5-7-9-13/h5-12,14H,16H2,1-4H3/t11-,12+,14+/m0/s1. The lowest BCUT2D eigenvalue weighted by molar-refractivity contribution is -0.155. The topological polar surface area (TPSA) is 61.5 Å². The maximum Gasteiger partial charge on any atom is 0.323 e. The first-order chi connectivity index (χ1) is 8.91. The first kappa shape index (κ1) is 15.5. The van der Waals surface area contributed by atoms with Crippen molar-refractivity contribution in [3.8, 4) is 5.75 Å². The fraction of sp³-hybridized carbons (Fsp3) is 0.533. The van der Waals surface area contributed by atoms with E-state index in [1.807, 2.05) is 51.1 Å². The lowest BCUT2D eigenvalue weighted by Crippen LogP contribution is -2.41. The van der Waals surface area contributed by atoms with Gasteiger partial charge in [0.2, 0.25) is 0 Å². The molecule has 0 unspecified atom stereocenters. The number of hydrogen-bond acceptors (Lipinski definition) is 4. The molecule has 0 saturated carbocycles. The largest absolute Gasteiger partial charge is 0.486 e. The second-order valence-electron chi connectivity index (χ2n) is 5.07. The summed E-state index contributed by atoms with van der Waals surface area (Å²) in [7, 11) is 0. The number of nitrogens with two attached hydrogens (primary N) is 1. The van der Waals surface area contributed by atoms with Crippen molar-refractivity contribution in [1.82, 2.24) is 0 Å². The minimum atomic E-state index is -0.619. The van der Waals surface area contributed by atoms with E-state index in [1.54, 1.807) is 6.92 Å². The maximum absolute atomic E-state index is 11.5. The van der Waals surface area contributed by atoms with Crippen LogP contribution < -0.4 is 10.5 Å². The van der Waals surface area contributed by atoms with Gasteiger partial charge in [0.1, 0.15) is 24.0 Å². The van der Waals surface area contributed by atoms with Crippen molar-refractivity contribution in [2.24, 2.45) is 11.7 Å². The number of para-hydroxylation sites is 1. The quantitative estimate of drug-likeness (QED) is 0.802. The van der Waals surface area contributed by atoms with Crippen LogP contribution in [0.15, 0.2) is 30.3 Å². The molecule has 4 nitrogen and oxygen atoms in total. The third-order valence-corrected chi connectivity index (χ3v) is 2.81. The van der Waals surface area contributed by atoms with Gasteiger partial charge in [-0.1, -0.05) is 32.0 Å². The van der Waals surface area contributed by atoms with Crippen molar-refractivity contribution in [1.29, 1.82) is 0 Å². The molecule has 3 atom stereocenters. The molecule has 19 heavy (non-hydrogen) atoms. The molecule has 0 aliphatic rings. The SMILES string of the molecule is CC(C)[C@@H](Oc1ccccc1)[C@@H](C)OC(=O)[C@H](C)N. The van der Waals surface area contributed by atoms with E-state index in [0.29, 0.717) is 0 Å². The van der Waals surface area contributed by atoms with Crippen LogP contribution in [0.1, 0.15) is 27.7 Å². The summed E-state index contributed by atoms with van der Waals surface area (Å²) in [6.45, 7) is 7.50. The summed E-state index contributed by atoms with van der Waals surface area (Å²) < 4.78 is 11.2. The van der Waals surface area contributed by atoms with E-state index in [-0.39, 0.29) is 18.1 Å². The van der Waals surface area contributed by atoms with Crippen molar-refractivity contribution in [2.45, 2.75) is 45.9 Å². The molecule has 0 amide bonds. The molecular formula is C15H23NO3. The van der Waals surface area contributed by atoms with Gasteiger partial charge in [-0.3, -0.25) is 4.79 Å². The van der Waals surface area contributed by atoms with Gasteiger partial charge in [0, 0.05) is 0 Å². The number of benzene rings is 1. The highest BCUT2D eigenvalue weighted by Gasteiger charge is 2.27. The molecule has 0 aromatic heterocycles. The third-order valence-electron chi connectivity index (χ3n) is 2.81. The van der Waals surface area contributed by atoms with Crippen LogP contribution in [0.5, 0.6) is 5.75 Å². The molecule has 1 rings (SSSR count). The van der Waals surface area contributed by atoms with Crippen LogP contribution in [0.4, 0.5) is 0 Å². The van der Waals surface area contributed by atoms with Crippen molar-refractivity contribution >= 4 is 5.97 Å². The number of ether oxygens (including phenoxy) is 2. The molecule has 0 saturated heterocycles. The van der Waals surface area contributed by atoms with Gasteiger partial charge in [-0.2, -0.15) is 0 Å². The van der Waals surface area contributed by atoms with Crippen LogP contribution in [0, 0.1) is 5.92 Å². The number of hydrogen-bond donors (Lipinski definition) is 1. The van der Waals surface area contributed by atoms with E-state index >= 15 is 0 Å². The smallest absolute Gasteiger partial charge is 0.323 e. The molecule has 106 valence electrons. The molecule has 0 radical (unpaired) electrons. The molecule has 0 spiro atoms. The van der Waals surface area contributed by atoms with Crippen LogP contribution in [0.25, 0.3) is 0 Å². The van der Waals surface area contributed by atoms with Crippen LogP contribution >= 0.6 is 0 Å². The Labute approximate surface area is 114 Å². The number of rotatable bonds is 6. The average molecular weight is 265 g/mol. The maximum atomic E-state index is 11.5. The Balaban J connectivity index is 2.69. The Morgan fingerprint density at radius 1 is 1.11 bits per heavy atom.